The molecule has 6 heteroatoms. The molecule has 0 rings (SSSR count). The van der Waals surface area contributed by atoms with Crippen molar-refractivity contribution in [1.82, 2.24) is 0 Å². The number of hydrogen-bond donors (Lipinski definition) is 0. The van der Waals surface area contributed by atoms with Gasteiger partial charge in [0.05, 0.1) is 0 Å². The fourth-order valence-electron chi connectivity index (χ4n) is 7.79. The Bertz CT molecular complexity index is 1110. The van der Waals surface area contributed by atoms with Gasteiger partial charge in [-0.3, -0.25) is 14.4 Å². The molecule has 0 aliphatic rings. The Morgan fingerprint density at radius 1 is 0.333 bits per heavy atom. The number of esters is 3. The van der Waals surface area contributed by atoms with Crippen LogP contribution in [-0.2, 0) is 28.6 Å². The lowest BCUT2D eigenvalue weighted by Crippen LogP contribution is -2.30. The van der Waals surface area contributed by atoms with Crippen LogP contribution in [0.3, 0.4) is 0 Å². The average molecular weight is 883 g/mol. The summed E-state index contributed by atoms with van der Waals surface area (Å²) in [6.07, 6.45) is 62.4. The van der Waals surface area contributed by atoms with Crippen LogP contribution >= 0.6 is 0 Å². The monoisotopic (exact) mass is 883 g/mol. The van der Waals surface area contributed by atoms with Gasteiger partial charge in [-0.05, 0) is 57.8 Å². The molecular formula is C57H102O6. The van der Waals surface area contributed by atoms with E-state index in [4.69, 9.17) is 14.2 Å². The van der Waals surface area contributed by atoms with Crippen molar-refractivity contribution in [2.24, 2.45) is 0 Å². The van der Waals surface area contributed by atoms with Crippen molar-refractivity contribution in [2.45, 2.75) is 284 Å². The van der Waals surface area contributed by atoms with E-state index in [1.165, 1.54) is 154 Å². The molecule has 0 amide bonds. The normalized spacial score (nSPS) is 12.4. The van der Waals surface area contributed by atoms with Crippen molar-refractivity contribution in [3.8, 4) is 0 Å². The summed E-state index contributed by atoms with van der Waals surface area (Å²) in [6, 6.07) is 0. The second kappa shape index (κ2) is 52.0. The quantitative estimate of drug-likeness (QED) is 0.0262. The minimum absolute atomic E-state index is 0.0821. The van der Waals surface area contributed by atoms with Gasteiger partial charge in [-0.15, -0.1) is 0 Å². The van der Waals surface area contributed by atoms with Gasteiger partial charge in [0.25, 0.3) is 0 Å². The smallest absolute Gasteiger partial charge is 0.306 e. The Hall–Kier alpha value is -2.63. The van der Waals surface area contributed by atoms with Crippen LogP contribution in [0.15, 0.2) is 48.6 Å². The first-order chi connectivity index (χ1) is 31.0. The summed E-state index contributed by atoms with van der Waals surface area (Å²) in [5.41, 5.74) is 0. The molecule has 1 atom stereocenters. The van der Waals surface area contributed by atoms with E-state index in [0.717, 1.165) is 83.5 Å². The van der Waals surface area contributed by atoms with Crippen LogP contribution in [0.5, 0.6) is 0 Å². The summed E-state index contributed by atoms with van der Waals surface area (Å²) >= 11 is 0. The van der Waals surface area contributed by atoms with Gasteiger partial charge in [-0.1, -0.05) is 249 Å². The molecule has 0 saturated heterocycles. The molecule has 6 nitrogen and oxygen atoms in total. The Kier molecular flexibility index (Phi) is 49.8. The predicted molar refractivity (Wildman–Crippen MR) is 270 cm³/mol. The lowest BCUT2D eigenvalue weighted by Gasteiger charge is -2.18. The number of rotatable bonds is 49. The second-order valence-corrected chi connectivity index (χ2v) is 18.1. The van der Waals surface area contributed by atoms with Crippen LogP contribution < -0.4 is 0 Å². The van der Waals surface area contributed by atoms with Crippen LogP contribution in [0.1, 0.15) is 278 Å². The van der Waals surface area contributed by atoms with Crippen LogP contribution in [0.4, 0.5) is 0 Å². The maximum Gasteiger partial charge on any atom is 0.306 e. The van der Waals surface area contributed by atoms with Gasteiger partial charge in [-0.2, -0.15) is 0 Å². The molecular weight excluding hydrogens is 781 g/mol. The zero-order valence-corrected chi connectivity index (χ0v) is 41.8. The topological polar surface area (TPSA) is 78.9 Å². The minimum Gasteiger partial charge on any atom is -0.462 e. The van der Waals surface area contributed by atoms with Crippen LogP contribution in [0, 0.1) is 0 Å². The van der Waals surface area contributed by atoms with E-state index in [1.54, 1.807) is 0 Å². The summed E-state index contributed by atoms with van der Waals surface area (Å²) in [6.45, 7) is 6.52. The SMILES string of the molecule is CC/C=C\C/C=C\C/C=C\C/C=C\CCCCC(=O)OC[C@H](COC(=O)CCCCCCCCCCCCCCCCCCC)OC(=O)CCCCCCCCCCCCCCC. The van der Waals surface area contributed by atoms with Crippen molar-refractivity contribution in [3.63, 3.8) is 0 Å². The van der Waals surface area contributed by atoms with E-state index in [2.05, 4.69) is 69.4 Å². The van der Waals surface area contributed by atoms with Gasteiger partial charge < -0.3 is 14.2 Å². The van der Waals surface area contributed by atoms with E-state index in [-0.39, 0.29) is 31.1 Å². The summed E-state index contributed by atoms with van der Waals surface area (Å²) in [5, 5.41) is 0. The highest BCUT2D eigenvalue weighted by molar-refractivity contribution is 5.71. The first-order valence-corrected chi connectivity index (χ1v) is 27.1. The molecule has 0 aromatic rings. The van der Waals surface area contributed by atoms with Crippen molar-refractivity contribution >= 4 is 17.9 Å². The van der Waals surface area contributed by atoms with Crippen LogP contribution in [0.2, 0.25) is 0 Å². The van der Waals surface area contributed by atoms with Crippen molar-refractivity contribution in [2.75, 3.05) is 13.2 Å². The van der Waals surface area contributed by atoms with Crippen molar-refractivity contribution in [1.29, 1.82) is 0 Å². The number of hydrogen-bond acceptors (Lipinski definition) is 6. The Morgan fingerprint density at radius 2 is 0.619 bits per heavy atom. The van der Waals surface area contributed by atoms with Gasteiger partial charge in [0, 0.05) is 19.3 Å². The van der Waals surface area contributed by atoms with Gasteiger partial charge in [-0.25, -0.2) is 0 Å². The number of carbonyl (C=O) groups excluding carboxylic acids is 3. The van der Waals surface area contributed by atoms with Gasteiger partial charge in [0.15, 0.2) is 6.10 Å². The molecule has 0 aliphatic heterocycles. The number of unbranched alkanes of at least 4 members (excludes halogenated alkanes) is 30. The molecule has 0 aliphatic carbocycles. The molecule has 0 radical (unpaired) electrons. The molecule has 366 valence electrons. The lowest BCUT2D eigenvalue weighted by atomic mass is 10.0. The van der Waals surface area contributed by atoms with Gasteiger partial charge in [0.2, 0.25) is 0 Å². The molecule has 0 aromatic carbocycles. The molecule has 0 unspecified atom stereocenters. The Balaban J connectivity index is 4.38. The summed E-state index contributed by atoms with van der Waals surface area (Å²) < 4.78 is 16.8. The van der Waals surface area contributed by atoms with Gasteiger partial charge >= 0.3 is 17.9 Å². The fraction of sp³-hybridized carbons (Fsp3) is 0.807. The van der Waals surface area contributed by atoms with E-state index in [1.807, 2.05) is 0 Å². The maximum atomic E-state index is 12.8. The number of ether oxygens (including phenoxy) is 3. The van der Waals surface area contributed by atoms with E-state index in [9.17, 15) is 14.4 Å². The minimum atomic E-state index is -0.785. The highest BCUT2D eigenvalue weighted by atomic mass is 16.6. The summed E-state index contributed by atoms with van der Waals surface area (Å²) in [7, 11) is 0. The Morgan fingerprint density at radius 3 is 0.968 bits per heavy atom. The predicted octanol–water partition coefficient (Wildman–Crippen LogP) is 17.9. The lowest BCUT2D eigenvalue weighted by molar-refractivity contribution is -0.167. The third-order valence-corrected chi connectivity index (χ3v) is 11.8. The van der Waals surface area contributed by atoms with Crippen LogP contribution in [0.25, 0.3) is 0 Å². The molecule has 0 aromatic heterocycles. The first-order valence-electron chi connectivity index (χ1n) is 27.1. The average Bonchev–Trinajstić information content (AvgIpc) is 3.28. The molecule has 0 spiro atoms. The van der Waals surface area contributed by atoms with E-state index >= 15 is 0 Å². The highest BCUT2D eigenvalue weighted by Gasteiger charge is 2.19. The third kappa shape index (κ3) is 50.2. The molecule has 0 heterocycles. The van der Waals surface area contributed by atoms with Crippen molar-refractivity contribution in [3.05, 3.63) is 48.6 Å². The number of carbonyl (C=O) groups is 3. The molecule has 0 N–H and O–H groups in total. The Labute approximate surface area is 390 Å². The highest BCUT2D eigenvalue weighted by Crippen LogP contribution is 2.16. The summed E-state index contributed by atoms with van der Waals surface area (Å²) in [4.78, 5) is 38.0. The second-order valence-electron chi connectivity index (χ2n) is 18.1. The largest absolute Gasteiger partial charge is 0.462 e. The van der Waals surface area contributed by atoms with Gasteiger partial charge in [0.1, 0.15) is 13.2 Å². The van der Waals surface area contributed by atoms with E-state index in [0.29, 0.717) is 19.3 Å². The molecule has 0 saturated carbocycles. The third-order valence-electron chi connectivity index (χ3n) is 11.8. The molecule has 0 fully saturated rings. The molecule has 0 bridgehead atoms. The molecule has 63 heavy (non-hydrogen) atoms. The fourth-order valence-corrected chi connectivity index (χ4v) is 7.79. The standard InChI is InChI=1S/C57H102O6/c1-4-7-10-13-16-19-22-25-27-28-30-33-35-38-41-44-47-50-56(59)62-53-54(63-57(60)51-48-45-42-39-36-31-24-21-18-15-12-9-6-3)52-61-55(58)49-46-43-40-37-34-32-29-26-23-20-17-14-11-8-5-2/h8,11,17,20,26,29,34,37,54H,4-7,9-10,12-16,18-19,21-25,27-28,30-33,35-36,38-53H2,1-3H3/b11-8-,20-17-,29-26-,37-34-/t54-/m1/s1. The zero-order valence-electron chi connectivity index (χ0n) is 41.8. The van der Waals surface area contributed by atoms with Crippen molar-refractivity contribution < 1.29 is 28.6 Å². The maximum absolute atomic E-state index is 12.8. The van der Waals surface area contributed by atoms with Crippen LogP contribution in [-0.4, -0.2) is 37.2 Å². The zero-order chi connectivity index (χ0) is 45.8. The first kappa shape index (κ1) is 60.4. The summed E-state index contributed by atoms with van der Waals surface area (Å²) in [5.74, 6) is -0.913. The number of allylic oxidation sites excluding steroid dienone is 8. The van der Waals surface area contributed by atoms with E-state index < -0.39 is 6.10 Å².